The van der Waals surface area contributed by atoms with Crippen molar-refractivity contribution in [3.8, 4) is 16.9 Å². The molecule has 1 aromatic heterocycles. The van der Waals surface area contributed by atoms with Crippen LogP contribution in [0.2, 0.25) is 0 Å². The minimum Gasteiger partial charge on any atom is -0.240 e. The van der Waals surface area contributed by atoms with E-state index < -0.39 is 0 Å². The lowest BCUT2D eigenvalue weighted by Gasteiger charge is -2.33. The van der Waals surface area contributed by atoms with E-state index in [-0.39, 0.29) is 5.41 Å². The Hall–Kier alpha value is -2.35. The molecule has 0 fully saturated rings. The van der Waals surface area contributed by atoms with Gasteiger partial charge in [0.05, 0.1) is 11.4 Å². The SMILES string of the molecule is CC(C)(C)CC(C)(C)c1ccc(-n2ccc(-c3ccccc3)n2)cc1. The Kier molecular flexibility index (Phi) is 4.55. The van der Waals surface area contributed by atoms with E-state index >= 15 is 0 Å². The number of hydrogen-bond donors (Lipinski definition) is 0. The molecule has 0 aliphatic rings. The fourth-order valence-electron chi connectivity index (χ4n) is 3.72. The molecule has 130 valence electrons. The van der Waals surface area contributed by atoms with E-state index in [0.717, 1.165) is 23.4 Å². The summed E-state index contributed by atoms with van der Waals surface area (Å²) in [4.78, 5) is 0. The van der Waals surface area contributed by atoms with Gasteiger partial charge in [-0.3, -0.25) is 0 Å². The molecule has 0 saturated heterocycles. The molecule has 0 atom stereocenters. The summed E-state index contributed by atoms with van der Waals surface area (Å²) >= 11 is 0. The summed E-state index contributed by atoms with van der Waals surface area (Å²) < 4.78 is 1.95. The van der Waals surface area contributed by atoms with Gasteiger partial charge < -0.3 is 0 Å². The molecule has 1 heterocycles. The first-order valence-electron chi connectivity index (χ1n) is 8.97. The second-order valence-corrected chi connectivity index (χ2v) is 8.68. The third-order valence-electron chi connectivity index (χ3n) is 4.54. The summed E-state index contributed by atoms with van der Waals surface area (Å²) in [6.45, 7) is 11.6. The average Bonchev–Trinajstić information content (AvgIpc) is 3.04. The van der Waals surface area contributed by atoms with E-state index in [0.29, 0.717) is 5.41 Å². The van der Waals surface area contributed by atoms with Crippen molar-refractivity contribution in [2.24, 2.45) is 5.41 Å². The summed E-state index contributed by atoms with van der Waals surface area (Å²) in [5, 5.41) is 4.72. The fraction of sp³-hybridized carbons (Fsp3) is 0.348. The standard InChI is InChI=1S/C23H28N2/c1-22(2,3)17-23(4,5)19-11-13-20(14-12-19)25-16-15-21(24-25)18-9-7-6-8-10-18/h6-16H,17H2,1-5H3. The van der Waals surface area contributed by atoms with Crippen molar-refractivity contribution in [2.45, 2.75) is 46.5 Å². The van der Waals surface area contributed by atoms with Crippen molar-refractivity contribution in [2.75, 3.05) is 0 Å². The molecule has 2 heteroatoms. The fourth-order valence-corrected chi connectivity index (χ4v) is 3.72. The molecule has 0 radical (unpaired) electrons. The second-order valence-electron chi connectivity index (χ2n) is 8.68. The summed E-state index contributed by atoms with van der Waals surface area (Å²) in [5.74, 6) is 0. The Morgan fingerprint density at radius 1 is 0.800 bits per heavy atom. The van der Waals surface area contributed by atoms with Crippen LogP contribution in [0.5, 0.6) is 0 Å². The van der Waals surface area contributed by atoms with E-state index in [1.54, 1.807) is 0 Å². The number of benzene rings is 2. The number of hydrogen-bond acceptors (Lipinski definition) is 1. The summed E-state index contributed by atoms with van der Waals surface area (Å²) in [6, 6.07) is 21.2. The maximum atomic E-state index is 4.72. The van der Waals surface area contributed by atoms with Gasteiger partial charge in [0.1, 0.15) is 0 Å². The van der Waals surface area contributed by atoms with Gasteiger partial charge in [-0.1, -0.05) is 77.1 Å². The lowest BCUT2D eigenvalue weighted by Crippen LogP contribution is -2.24. The molecular formula is C23H28N2. The highest BCUT2D eigenvalue weighted by Gasteiger charge is 2.27. The zero-order valence-corrected chi connectivity index (χ0v) is 16.0. The quantitative estimate of drug-likeness (QED) is 0.552. The van der Waals surface area contributed by atoms with Crippen LogP contribution in [0.15, 0.2) is 66.9 Å². The molecule has 0 N–H and O–H groups in total. The van der Waals surface area contributed by atoms with Gasteiger partial charge >= 0.3 is 0 Å². The molecule has 0 spiro atoms. The Bertz CT molecular complexity index is 819. The number of aromatic nitrogens is 2. The van der Waals surface area contributed by atoms with Gasteiger partial charge in [-0.25, -0.2) is 4.68 Å². The van der Waals surface area contributed by atoms with Crippen LogP contribution in [0.4, 0.5) is 0 Å². The molecule has 3 aromatic rings. The zero-order valence-electron chi connectivity index (χ0n) is 16.0. The van der Waals surface area contributed by atoms with Crippen molar-refractivity contribution in [1.29, 1.82) is 0 Å². The van der Waals surface area contributed by atoms with Gasteiger partial charge in [0.25, 0.3) is 0 Å². The first kappa shape index (κ1) is 17.5. The second kappa shape index (κ2) is 6.51. The van der Waals surface area contributed by atoms with E-state index in [9.17, 15) is 0 Å². The van der Waals surface area contributed by atoms with Crippen molar-refractivity contribution < 1.29 is 0 Å². The minimum atomic E-state index is 0.163. The predicted octanol–water partition coefficient (Wildman–Crippen LogP) is 6.25. The highest BCUT2D eigenvalue weighted by Crippen LogP contribution is 2.36. The van der Waals surface area contributed by atoms with E-state index in [1.165, 1.54) is 5.56 Å². The molecular weight excluding hydrogens is 304 g/mol. The normalized spacial score (nSPS) is 12.4. The van der Waals surface area contributed by atoms with E-state index in [4.69, 9.17) is 5.10 Å². The Morgan fingerprint density at radius 2 is 1.44 bits per heavy atom. The average molecular weight is 332 g/mol. The maximum Gasteiger partial charge on any atom is 0.0927 e. The molecule has 0 aliphatic carbocycles. The van der Waals surface area contributed by atoms with Gasteiger partial charge in [-0.2, -0.15) is 5.10 Å². The highest BCUT2D eigenvalue weighted by atomic mass is 15.3. The van der Waals surface area contributed by atoms with Crippen LogP contribution in [0, 0.1) is 5.41 Å². The number of nitrogens with zero attached hydrogens (tertiary/aromatic N) is 2. The van der Waals surface area contributed by atoms with Crippen LogP contribution in [0.25, 0.3) is 16.9 Å². The monoisotopic (exact) mass is 332 g/mol. The molecule has 3 rings (SSSR count). The molecule has 0 aliphatic heterocycles. The molecule has 0 saturated carbocycles. The lowest BCUT2D eigenvalue weighted by molar-refractivity contribution is 0.284. The zero-order chi connectivity index (χ0) is 18.1. The van der Waals surface area contributed by atoms with Gasteiger partial charge in [0, 0.05) is 11.8 Å². The number of rotatable bonds is 4. The first-order chi connectivity index (χ1) is 11.7. The van der Waals surface area contributed by atoms with Crippen molar-refractivity contribution in [1.82, 2.24) is 9.78 Å². The summed E-state index contributed by atoms with van der Waals surface area (Å²) in [6.07, 6.45) is 3.18. The van der Waals surface area contributed by atoms with Gasteiger partial charge in [0.15, 0.2) is 0 Å². The summed E-state index contributed by atoms with van der Waals surface area (Å²) in [7, 11) is 0. The third kappa shape index (κ3) is 4.19. The van der Waals surface area contributed by atoms with E-state index in [1.807, 2.05) is 29.1 Å². The maximum absolute atomic E-state index is 4.72. The Labute approximate surface area is 151 Å². The van der Waals surface area contributed by atoms with Crippen LogP contribution in [0.3, 0.4) is 0 Å². The smallest absolute Gasteiger partial charge is 0.0927 e. The van der Waals surface area contributed by atoms with Gasteiger partial charge in [0.2, 0.25) is 0 Å². The van der Waals surface area contributed by atoms with Gasteiger partial charge in [-0.05, 0) is 41.0 Å². The highest BCUT2D eigenvalue weighted by molar-refractivity contribution is 5.58. The van der Waals surface area contributed by atoms with Gasteiger partial charge in [-0.15, -0.1) is 0 Å². The predicted molar refractivity (Wildman–Crippen MR) is 106 cm³/mol. The first-order valence-corrected chi connectivity index (χ1v) is 8.97. The van der Waals surface area contributed by atoms with E-state index in [2.05, 4.69) is 77.1 Å². The van der Waals surface area contributed by atoms with Crippen LogP contribution in [-0.2, 0) is 5.41 Å². The molecule has 25 heavy (non-hydrogen) atoms. The van der Waals surface area contributed by atoms with Crippen molar-refractivity contribution in [3.05, 3.63) is 72.4 Å². The van der Waals surface area contributed by atoms with Crippen LogP contribution >= 0.6 is 0 Å². The van der Waals surface area contributed by atoms with Crippen LogP contribution in [-0.4, -0.2) is 9.78 Å². The van der Waals surface area contributed by atoms with Crippen LogP contribution < -0.4 is 0 Å². The van der Waals surface area contributed by atoms with Crippen LogP contribution in [0.1, 0.15) is 46.6 Å². The minimum absolute atomic E-state index is 0.163. The third-order valence-corrected chi connectivity index (χ3v) is 4.54. The molecule has 0 unspecified atom stereocenters. The molecule has 0 amide bonds. The molecule has 2 nitrogen and oxygen atoms in total. The van der Waals surface area contributed by atoms with Crippen molar-refractivity contribution in [3.63, 3.8) is 0 Å². The topological polar surface area (TPSA) is 17.8 Å². The molecule has 0 bridgehead atoms. The van der Waals surface area contributed by atoms with Crippen molar-refractivity contribution >= 4 is 0 Å². The lowest BCUT2D eigenvalue weighted by atomic mass is 9.72. The largest absolute Gasteiger partial charge is 0.240 e. The Balaban J connectivity index is 1.83. The molecule has 2 aromatic carbocycles. The summed E-state index contributed by atoms with van der Waals surface area (Å²) in [5.41, 5.74) is 5.09. The Morgan fingerprint density at radius 3 is 2.04 bits per heavy atom.